The lowest BCUT2D eigenvalue weighted by molar-refractivity contribution is -0.388. The first-order valence-electron chi connectivity index (χ1n) is 5.20. The number of aromatic nitrogens is 1. The lowest BCUT2D eigenvalue weighted by Crippen LogP contribution is -2.64. The number of rotatable bonds is 1. The van der Waals surface area contributed by atoms with Crippen molar-refractivity contribution < 1.29 is 48.6 Å². The number of ether oxygens (including phenoxy) is 1. The van der Waals surface area contributed by atoms with Crippen LogP contribution >= 0.6 is 0 Å². The third-order valence-corrected chi connectivity index (χ3v) is 3.07. The van der Waals surface area contributed by atoms with Crippen molar-refractivity contribution in [3.63, 3.8) is 0 Å². The van der Waals surface area contributed by atoms with E-state index >= 15 is 0 Å². The average Bonchev–Trinajstić information content (AvgIpc) is 2.37. The van der Waals surface area contributed by atoms with Crippen LogP contribution < -0.4 is 4.74 Å². The predicted octanol–water partition coefficient (Wildman–Crippen LogP) is 3.84. The molecule has 0 saturated carbocycles. The second kappa shape index (κ2) is 4.16. The summed E-state index contributed by atoms with van der Waals surface area (Å²) in [5, 5.41) is 0. The van der Waals surface area contributed by atoms with Crippen LogP contribution in [-0.2, 0) is 11.8 Å². The normalized spacial score (nSPS) is 23.8. The fraction of sp³-hybridized carbons (Fsp3) is 0.500. The van der Waals surface area contributed by atoms with Gasteiger partial charge < -0.3 is 4.74 Å². The summed E-state index contributed by atoms with van der Waals surface area (Å²) in [4.78, 5) is 2.32. The number of alkyl halides is 8. The van der Waals surface area contributed by atoms with Gasteiger partial charge in [-0.05, 0) is 0 Å². The van der Waals surface area contributed by atoms with Gasteiger partial charge in [0.25, 0.3) is 5.88 Å². The summed E-state index contributed by atoms with van der Waals surface area (Å²) in [6, 6.07) is 0. The van der Waals surface area contributed by atoms with Gasteiger partial charge in [0, 0.05) is 0 Å². The number of methoxy groups -OCH3 is 1. The monoisotopic (exact) mass is 343 g/mol. The van der Waals surface area contributed by atoms with Gasteiger partial charge in [0.1, 0.15) is 0 Å². The Bertz CT molecular complexity index is 641. The Hall–Kier alpha value is -1.75. The Morgan fingerprint density at radius 2 is 1.18 bits per heavy atom. The average molecular weight is 343 g/mol. The highest BCUT2D eigenvalue weighted by molar-refractivity contribution is 5.45. The first kappa shape index (κ1) is 16.6. The van der Waals surface area contributed by atoms with E-state index in [9.17, 15) is 43.9 Å². The molecule has 1 heterocycles. The maximum Gasteiger partial charge on any atom is 0.383 e. The molecular weight excluding hydrogens is 340 g/mol. The summed E-state index contributed by atoms with van der Waals surface area (Å²) in [6.45, 7) is 0. The van der Waals surface area contributed by atoms with Crippen molar-refractivity contribution in [2.75, 3.05) is 7.11 Å². The maximum absolute atomic E-state index is 13.6. The van der Waals surface area contributed by atoms with Crippen LogP contribution in [0.4, 0.5) is 43.9 Å². The molecule has 1 aromatic rings. The van der Waals surface area contributed by atoms with Crippen LogP contribution in [0.1, 0.15) is 11.1 Å². The summed E-state index contributed by atoms with van der Waals surface area (Å²) in [5.41, 5.74) is -5.86. The standard InChI is InChI=1S/C10H3F10NO/c1-22-6-4(11)2-3(5(12)21-6)8(15,16)10(19,20)9(17,18)7(2,13)14/h1H3. The predicted molar refractivity (Wildman–Crippen MR) is 48.4 cm³/mol. The molecule has 0 unspecified atom stereocenters. The van der Waals surface area contributed by atoms with Gasteiger partial charge in [0.2, 0.25) is 5.95 Å². The molecule has 0 spiro atoms. The largest absolute Gasteiger partial charge is 0.479 e. The zero-order valence-electron chi connectivity index (χ0n) is 10.1. The number of nitrogens with zero attached hydrogens (tertiary/aromatic N) is 1. The molecule has 2 nitrogen and oxygen atoms in total. The van der Waals surface area contributed by atoms with Crippen molar-refractivity contribution in [1.29, 1.82) is 0 Å². The minimum Gasteiger partial charge on any atom is -0.479 e. The summed E-state index contributed by atoms with van der Waals surface area (Å²) >= 11 is 0. The quantitative estimate of drug-likeness (QED) is 0.571. The van der Waals surface area contributed by atoms with Crippen molar-refractivity contribution in [2.45, 2.75) is 23.7 Å². The van der Waals surface area contributed by atoms with Gasteiger partial charge in [-0.15, -0.1) is 0 Å². The van der Waals surface area contributed by atoms with E-state index in [0.29, 0.717) is 7.11 Å². The second-order valence-corrected chi connectivity index (χ2v) is 4.27. The Labute approximate surface area is 114 Å². The molecule has 0 aliphatic heterocycles. The van der Waals surface area contributed by atoms with Gasteiger partial charge in [-0.1, -0.05) is 0 Å². The molecule has 0 saturated heterocycles. The summed E-state index contributed by atoms with van der Waals surface area (Å²) in [7, 11) is 0.545. The smallest absolute Gasteiger partial charge is 0.383 e. The molecule has 124 valence electrons. The van der Waals surface area contributed by atoms with E-state index in [4.69, 9.17) is 0 Å². The lowest BCUT2D eigenvalue weighted by Gasteiger charge is -2.42. The second-order valence-electron chi connectivity index (χ2n) is 4.27. The minimum absolute atomic E-state index is 0.545. The molecule has 0 bridgehead atoms. The topological polar surface area (TPSA) is 22.1 Å². The highest BCUT2D eigenvalue weighted by atomic mass is 19.4. The van der Waals surface area contributed by atoms with E-state index in [-0.39, 0.29) is 0 Å². The Morgan fingerprint density at radius 3 is 1.59 bits per heavy atom. The van der Waals surface area contributed by atoms with Gasteiger partial charge in [0.15, 0.2) is 5.82 Å². The fourth-order valence-electron chi connectivity index (χ4n) is 1.94. The van der Waals surface area contributed by atoms with E-state index in [1.54, 1.807) is 0 Å². The zero-order valence-corrected chi connectivity index (χ0v) is 10.1. The fourth-order valence-corrected chi connectivity index (χ4v) is 1.94. The number of pyridine rings is 1. The van der Waals surface area contributed by atoms with E-state index < -0.39 is 52.5 Å². The summed E-state index contributed by atoms with van der Waals surface area (Å²) in [6.07, 6.45) is 0. The minimum atomic E-state index is -6.68. The van der Waals surface area contributed by atoms with Crippen molar-refractivity contribution in [3.8, 4) is 5.88 Å². The molecule has 22 heavy (non-hydrogen) atoms. The molecule has 1 aliphatic rings. The van der Waals surface area contributed by atoms with Crippen molar-refractivity contribution in [1.82, 2.24) is 4.98 Å². The van der Waals surface area contributed by atoms with Gasteiger partial charge in [-0.2, -0.15) is 44.5 Å². The molecule has 0 atom stereocenters. The van der Waals surface area contributed by atoms with Gasteiger partial charge >= 0.3 is 23.7 Å². The molecule has 0 N–H and O–H groups in total. The third kappa shape index (κ3) is 1.55. The molecule has 2 rings (SSSR count). The number of halogens is 10. The van der Waals surface area contributed by atoms with Gasteiger partial charge in [-0.3, -0.25) is 0 Å². The third-order valence-electron chi connectivity index (χ3n) is 3.07. The molecule has 0 amide bonds. The Morgan fingerprint density at radius 1 is 0.773 bits per heavy atom. The molecule has 1 aliphatic carbocycles. The highest BCUT2D eigenvalue weighted by Gasteiger charge is 2.86. The van der Waals surface area contributed by atoms with Gasteiger partial charge in [0.05, 0.1) is 18.2 Å². The van der Waals surface area contributed by atoms with Crippen molar-refractivity contribution >= 4 is 0 Å². The van der Waals surface area contributed by atoms with Crippen molar-refractivity contribution in [3.05, 3.63) is 22.9 Å². The molecular formula is C10H3F10NO. The Kier molecular flexibility index (Phi) is 3.14. The van der Waals surface area contributed by atoms with Crippen LogP contribution in [0.2, 0.25) is 0 Å². The number of fused-ring (bicyclic) bond motifs is 1. The van der Waals surface area contributed by atoms with Crippen LogP contribution in [0.3, 0.4) is 0 Å². The molecule has 0 fully saturated rings. The van der Waals surface area contributed by atoms with E-state index in [1.807, 2.05) is 0 Å². The van der Waals surface area contributed by atoms with Crippen LogP contribution in [0.5, 0.6) is 5.88 Å². The van der Waals surface area contributed by atoms with Crippen molar-refractivity contribution in [2.24, 2.45) is 0 Å². The lowest BCUT2D eigenvalue weighted by atomic mass is 9.80. The van der Waals surface area contributed by atoms with Crippen LogP contribution in [0, 0.1) is 11.8 Å². The van der Waals surface area contributed by atoms with Crippen LogP contribution in [0.15, 0.2) is 0 Å². The maximum atomic E-state index is 13.6. The van der Waals surface area contributed by atoms with E-state index in [1.165, 1.54) is 0 Å². The van der Waals surface area contributed by atoms with Gasteiger partial charge in [-0.25, -0.2) is 4.39 Å². The van der Waals surface area contributed by atoms with Crippen LogP contribution in [-0.4, -0.2) is 23.9 Å². The zero-order chi connectivity index (χ0) is 17.3. The summed E-state index contributed by atoms with van der Waals surface area (Å²) in [5.74, 6) is -32.5. The molecule has 12 heteroatoms. The van der Waals surface area contributed by atoms with Crippen LogP contribution in [0.25, 0.3) is 0 Å². The summed E-state index contributed by atoms with van der Waals surface area (Å²) < 4.78 is 137. The number of hydrogen-bond donors (Lipinski definition) is 0. The number of hydrogen-bond acceptors (Lipinski definition) is 2. The van der Waals surface area contributed by atoms with E-state index in [2.05, 4.69) is 9.72 Å². The Balaban J connectivity index is 3.04. The molecule has 0 radical (unpaired) electrons. The SMILES string of the molecule is COc1nc(F)c2c(c1F)C(F)(F)C(F)(F)C(F)(F)C2(F)F. The first-order chi connectivity index (χ1) is 9.75. The highest BCUT2D eigenvalue weighted by Crippen LogP contribution is 2.65. The van der Waals surface area contributed by atoms with E-state index in [0.717, 1.165) is 0 Å². The first-order valence-corrected chi connectivity index (χ1v) is 5.20. The molecule has 1 aromatic heterocycles. The molecule has 0 aromatic carbocycles.